The predicted molar refractivity (Wildman–Crippen MR) is 583 cm³/mol. The molecule has 0 spiro atoms. The maximum atomic E-state index is 6.33. The van der Waals surface area contributed by atoms with Crippen molar-refractivity contribution in [1.82, 2.24) is 18.3 Å². The van der Waals surface area contributed by atoms with Gasteiger partial charge < -0.3 is 22.7 Å². The smallest absolute Gasteiger partial charge is 0.137 e. The molecule has 9 heterocycles. The molecule has 0 unspecified atom stereocenters. The van der Waals surface area contributed by atoms with Crippen molar-refractivity contribution in [3.05, 3.63) is 461 Å². The van der Waals surface area contributed by atoms with E-state index < -0.39 is 0 Å². The Hall–Kier alpha value is -16.5. The summed E-state index contributed by atoms with van der Waals surface area (Å²) in [4.78, 5) is 0. The van der Waals surface area contributed by atoms with Gasteiger partial charge in [0.25, 0.3) is 0 Å². The Balaban J connectivity index is 0.000000101. The van der Waals surface area contributed by atoms with E-state index in [-0.39, 0.29) is 0 Å². The zero-order valence-electron chi connectivity index (χ0n) is 72.7. The summed E-state index contributed by atoms with van der Waals surface area (Å²) in [5, 5.41) is 23.1. The molecule has 135 heavy (non-hydrogen) atoms. The Morgan fingerprint density at radius 3 is 1.11 bits per heavy atom. The second-order valence-corrected chi connectivity index (χ2v) is 39.3. The molecule has 630 valence electrons. The van der Waals surface area contributed by atoms with Crippen molar-refractivity contribution in [3.8, 4) is 78.4 Å². The van der Waals surface area contributed by atoms with Crippen LogP contribution in [0.15, 0.2) is 465 Å². The van der Waals surface area contributed by atoms with E-state index in [2.05, 4.69) is 467 Å². The molecule has 30 rings (SSSR count). The van der Waals surface area contributed by atoms with Crippen molar-refractivity contribution in [2.45, 2.75) is 0 Å². The Kier molecular flexibility index (Phi) is 17.8. The van der Waals surface area contributed by atoms with E-state index in [1.807, 2.05) is 57.5 Å². The van der Waals surface area contributed by atoms with Crippen LogP contribution in [0.3, 0.4) is 0 Å². The van der Waals surface area contributed by atoms with Gasteiger partial charge in [0.15, 0.2) is 0 Å². The minimum atomic E-state index is 0.909. The number of nitrogens with zero attached hydrogens (tertiary/aromatic N) is 4. The lowest BCUT2D eigenvalue weighted by molar-refractivity contribution is 0.668. The molecule has 0 saturated carbocycles. The highest BCUT2D eigenvalue weighted by molar-refractivity contribution is 7.28. The molecule has 0 radical (unpaired) electrons. The van der Waals surface area contributed by atoms with Crippen molar-refractivity contribution in [2.75, 3.05) is 0 Å². The third kappa shape index (κ3) is 12.3. The van der Waals surface area contributed by atoms with Gasteiger partial charge in [-0.2, -0.15) is 0 Å². The van der Waals surface area contributed by atoms with E-state index >= 15 is 0 Å². The van der Waals surface area contributed by atoms with E-state index in [1.54, 1.807) is 0 Å². The van der Waals surface area contributed by atoms with Crippen LogP contribution in [-0.2, 0) is 0 Å². The van der Waals surface area contributed by atoms with Crippen molar-refractivity contribution < 1.29 is 4.42 Å². The van der Waals surface area contributed by atoms with Crippen LogP contribution < -0.4 is 0 Å². The van der Waals surface area contributed by atoms with Crippen LogP contribution in [0.4, 0.5) is 0 Å². The third-order valence-electron chi connectivity index (χ3n) is 27.8. The Morgan fingerprint density at radius 1 is 0.156 bits per heavy atom. The van der Waals surface area contributed by atoms with Crippen LogP contribution in [0.1, 0.15) is 0 Å². The van der Waals surface area contributed by atoms with Gasteiger partial charge in [0.2, 0.25) is 0 Å². The highest BCUT2D eigenvalue weighted by atomic mass is 32.1. The van der Waals surface area contributed by atoms with Gasteiger partial charge in [0, 0.05) is 139 Å². The summed E-state index contributed by atoms with van der Waals surface area (Å²) >= 11 is 7.60. The predicted octanol–water partition coefficient (Wildman–Crippen LogP) is 37.2. The topological polar surface area (TPSA) is 32.9 Å². The second kappa shape index (κ2) is 31.1. The van der Waals surface area contributed by atoms with Crippen molar-refractivity contribution in [2.24, 2.45) is 0 Å². The van der Waals surface area contributed by atoms with Crippen LogP contribution in [0.5, 0.6) is 0 Å². The molecule has 0 saturated heterocycles. The highest BCUT2D eigenvalue weighted by Gasteiger charge is 2.26. The summed E-state index contributed by atoms with van der Waals surface area (Å²) in [5.41, 5.74) is 28.8. The standard InChI is InChI=1S/C48H30N2S.C42H25NS2.C36H21NOS/c1-3-12-32(13-4-1)36-18-11-19-40-41-28-27-39-37-16-7-10-21-44(37)50(46(39)48(41)51-47(36)40)35-25-22-31(23-26-35)33-24-29-45-42(30-33)38-17-8-9-20-43(38)49(45)34-14-5-2-6-15-34;1-2-9-26(10-3-1)27-17-19-28(20-18-27)29-21-24-36-35(25-29)32-22-23-34-31-12-5-7-16-39(31)45-42(34)40(32)43(36)37-14-8-13-33-30-11-4-6-15-38(30)44-41(33)37;1-2-8-22(9-3-1)23-14-16-25-29-18-19-30-28-11-5-7-13-34(28)39-36(30)35(29)37(31(25)20-23)24-15-17-27-26-10-4-6-12-32(26)38-33(27)21-24/h1-30H;1-25H;1-21H. The van der Waals surface area contributed by atoms with Gasteiger partial charge in [-0.1, -0.05) is 346 Å². The fourth-order valence-corrected chi connectivity index (χ4v) is 26.6. The molecular weight excluding hydrogens is 1710 g/mol. The Bertz CT molecular complexity index is 10100. The SMILES string of the molecule is c1ccc(-c2ccc(-c3ccc4c(c3)c3ccc5c6ccccc6sc5c3n4-c3cccc4c3sc3ccccc34)cc2)cc1.c1ccc(-c2ccc3c4ccc5c6ccccc6sc5c4n(-c4ccc5c(c4)oc4ccccc45)c3c2)cc1.c1ccc(-c2cccc3c2sc2c3ccc3c4ccccc4n(-c4ccc(-c5ccc6c(c5)c5ccccc5n6-c5ccccc5)cc4)c32)cc1. The molecule has 0 amide bonds. The average Bonchev–Trinajstić information content (AvgIpc) is 1.55. The zero-order chi connectivity index (χ0) is 88.5. The number of rotatable bonds is 9. The van der Waals surface area contributed by atoms with Crippen molar-refractivity contribution in [3.63, 3.8) is 0 Å². The van der Waals surface area contributed by atoms with Gasteiger partial charge >= 0.3 is 0 Å². The Labute approximate surface area is 790 Å². The van der Waals surface area contributed by atoms with Crippen LogP contribution in [0.2, 0.25) is 0 Å². The first-order chi connectivity index (χ1) is 67.0. The number of furan rings is 1. The molecule has 0 aliphatic carbocycles. The molecular formula is C126H76N4OS4. The molecule has 9 aromatic heterocycles. The van der Waals surface area contributed by atoms with E-state index in [1.165, 1.54) is 241 Å². The lowest BCUT2D eigenvalue weighted by Crippen LogP contribution is -1.94. The van der Waals surface area contributed by atoms with E-state index in [9.17, 15) is 0 Å². The number of aromatic nitrogens is 4. The van der Waals surface area contributed by atoms with Gasteiger partial charge in [-0.25, -0.2) is 0 Å². The largest absolute Gasteiger partial charge is 0.456 e. The monoisotopic (exact) mass is 1790 g/mol. The van der Waals surface area contributed by atoms with Gasteiger partial charge in [0.1, 0.15) is 11.2 Å². The number of benzene rings is 21. The second-order valence-electron chi connectivity index (χ2n) is 35.2. The van der Waals surface area contributed by atoms with Gasteiger partial charge in [0.05, 0.1) is 68.6 Å². The van der Waals surface area contributed by atoms with E-state index in [4.69, 9.17) is 4.42 Å². The number of para-hydroxylation sites is 4. The summed E-state index contributed by atoms with van der Waals surface area (Å²) in [7, 11) is 0. The fourth-order valence-electron chi connectivity index (χ4n) is 21.5. The van der Waals surface area contributed by atoms with Crippen molar-refractivity contribution >= 4 is 235 Å². The molecule has 0 atom stereocenters. The summed E-state index contributed by atoms with van der Waals surface area (Å²) in [6, 6.07) is 168. The number of hydrogen-bond donors (Lipinski definition) is 0. The van der Waals surface area contributed by atoms with Gasteiger partial charge in [-0.15, -0.1) is 45.3 Å². The third-order valence-corrected chi connectivity index (χ3v) is 32.6. The normalized spacial score (nSPS) is 12.0. The van der Waals surface area contributed by atoms with Crippen LogP contribution in [0.25, 0.3) is 268 Å². The molecule has 9 heteroatoms. The minimum absolute atomic E-state index is 0.909. The maximum absolute atomic E-state index is 6.33. The fraction of sp³-hybridized carbons (Fsp3) is 0. The lowest BCUT2D eigenvalue weighted by atomic mass is 9.99. The molecule has 0 fully saturated rings. The molecule has 21 aromatic carbocycles. The minimum Gasteiger partial charge on any atom is -0.456 e. The molecule has 0 N–H and O–H groups in total. The van der Waals surface area contributed by atoms with E-state index in [0.29, 0.717) is 0 Å². The first-order valence-electron chi connectivity index (χ1n) is 45.9. The van der Waals surface area contributed by atoms with Crippen LogP contribution in [0, 0.1) is 0 Å². The first kappa shape index (κ1) is 77.3. The van der Waals surface area contributed by atoms with Gasteiger partial charge in [-0.05, 0) is 165 Å². The molecule has 0 bridgehead atoms. The first-order valence-corrected chi connectivity index (χ1v) is 49.2. The number of hydrogen-bond acceptors (Lipinski definition) is 5. The van der Waals surface area contributed by atoms with Gasteiger partial charge in [-0.3, -0.25) is 0 Å². The zero-order valence-corrected chi connectivity index (χ0v) is 76.0. The summed E-state index contributed by atoms with van der Waals surface area (Å²) < 4.78 is 26.8. The lowest BCUT2D eigenvalue weighted by Gasteiger charge is -2.11. The number of fused-ring (bicyclic) bond motifs is 30. The molecule has 5 nitrogen and oxygen atoms in total. The maximum Gasteiger partial charge on any atom is 0.137 e. The molecule has 0 aliphatic rings. The quantitative estimate of drug-likeness (QED) is 0.142. The van der Waals surface area contributed by atoms with E-state index in [0.717, 1.165) is 27.6 Å². The summed E-state index contributed by atoms with van der Waals surface area (Å²) in [6.45, 7) is 0. The highest BCUT2D eigenvalue weighted by Crippen LogP contribution is 2.52. The summed E-state index contributed by atoms with van der Waals surface area (Å²) in [5.74, 6) is 0. The van der Waals surface area contributed by atoms with Crippen LogP contribution in [-0.4, -0.2) is 18.3 Å². The average molecular weight is 1790 g/mol. The molecule has 30 aromatic rings. The molecule has 0 aliphatic heterocycles. The summed E-state index contributed by atoms with van der Waals surface area (Å²) in [6.07, 6.45) is 0. The Morgan fingerprint density at radius 2 is 0.496 bits per heavy atom. The number of thiophene rings is 4. The van der Waals surface area contributed by atoms with Crippen LogP contribution >= 0.6 is 45.3 Å². The van der Waals surface area contributed by atoms with Crippen molar-refractivity contribution in [1.29, 1.82) is 0 Å².